The average molecular weight is 222 g/mol. The Morgan fingerprint density at radius 1 is 1.06 bits per heavy atom. The van der Waals surface area contributed by atoms with Crippen molar-refractivity contribution in [3.05, 3.63) is 54.5 Å². The Balaban J connectivity index is 2.22. The van der Waals surface area contributed by atoms with Crippen LogP contribution in [0.15, 0.2) is 48.9 Å². The van der Waals surface area contributed by atoms with Gasteiger partial charge in [0.05, 0.1) is 0 Å². The summed E-state index contributed by atoms with van der Waals surface area (Å²) in [6.45, 7) is 0. The number of fused-ring (bicyclic) bond motifs is 1. The number of pyridine rings is 1. The average Bonchev–Trinajstić information content (AvgIpc) is 2.81. The lowest BCUT2D eigenvalue weighted by Crippen LogP contribution is -1.80. The molecular formula is C14H10N2O. The molecule has 1 aromatic carbocycles. The second-order valence-corrected chi connectivity index (χ2v) is 3.86. The molecule has 0 saturated carbocycles. The van der Waals surface area contributed by atoms with Crippen LogP contribution in [0, 0.1) is 0 Å². The van der Waals surface area contributed by atoms with Crippen molar-refractivity contribution >= 4 is 17.2 Å². The fourth-order valence-electron chi connectivity index (χ4n) is 1.96. The summed E-state index contributed by atoms with van der Waals surface area (Å²) in [7, 11) is 0. The van der Waals surface area contributed by atoms with Gasteiger partial charge in [-0.25, -0.2) is 0 Å². The molecule has 0 atom stereocenters. The van der Waals surface area contributed by atoms with Gasteiger partial charge in [-0.15, -0.1) is 0 Å². The summed E-state index contributed by atoms with van der Waals surface area (Å²) < 4.78 is 0. The minimum absolute atomic E-state index is 0.691. The topological polar surface area (TPSA) is 45.8 Å². The van der Waals surface area contributed by atoms with Crippen LogP contribution in [0.3, 0.4) is 0 Å². The minimum atomic E-state index is 0.691. The Bertz CT molecular complexity index is 671. The van der Waals surface area contributed by atoms with E-state index in [9.17, 15) is 4.79 Å². The van der Waals surface area contributed by atoms with Gasteiger partial charge in [-0.3, -0.25) is 9.78 Å². The predicted octanol–water partition coefficient (Wildman–Crippen LogP) is 3.04. The highest BCUT2D eigenvalue weighted by atomic mass is 16.1. The van der Waals surface area contributed by atoms with Gasteiger partial charge < -0.3 is 4.98 Å². The number of benzene rings is 1. The normalized spacial score (nSPS) is 10.6. The van der Waals surface area contributed by atoms with E-state index in [1.807, 2.05) is 30.3 Å². The smallest absolute Gasteiger partial charge is 0.152 e. The molecule has 0 saturated heterocycles. The van der Waals surface area contributed by atoms with Crippen LogP contribution in [0.4, 0.5) is 0 Å². The first-order valence-corrected chi connectivity index (χ1v) is 5.35. The summed E-state index contributed by atoms with van der Waals surface area (Å²) in [4.78, 5) is 18.0. The van der Waals surface area contributed by atoms with Crippen molar-refractivity contribution in [2.24, 2.45) is 0 Å². The Morgan fingerprint density at radius 3 is 2.65 bits per heavy atom. The molecule has 3 nitrogen and oxygen atoms in total. The predicted molar refractivity (Wildman–Crippen MR) is 66.9 cm³/mol. The fourth-order valence-corrected chi connectivity index (χ4v) is 1.96. The first kappa shape index (κ1) is 9.78. The molecule has 0 aliphatic rings. The van der Waals surface area contributed by atoms with Crippen LogP contribution in [-0.2, 0) is 0 Å². The number of hydrogen-bond donors (Lipinski definition) is 1. The van der Waals surface area contributed by atoms with Gasteiger partial charge in [0.1, 0.15) is 0 Å². The van der Waals surface area contributed by atoms with Crippen molar-refractivity contribution in [3.8, 4) is 11.1 Å². The van der Waals surface area contributed by atoms with E-state index in [1.165, 1.54) is 0 Å². The summed E-state index contributed by atoms with van der Waals surface area (Å²) in [5.41, 5.74) is 3.85. The van der Waals surface area contributed by atoms with Gasteiger partial charge in [-0.05, 0) is 35.4 Å². The number of carbonyl (C=O) groups excluding carboxylic acids is 1. The maximum Gasteiger partial charge on any atom is 0.152 e. The van der Waals surface area contributed by atoms with E-state index >= 15 is 0 Å². The van der Waals surface area contributed by atoms with E-state index in [0.29, 0.717) is 5.56 Å². The number of aldehydes is 1. The van der Waals surface area contributed by atoms with Crippen LogP contribution >= 0.6 is 0 Å². The zero-order valence-corrected chi connectivity index (χ0v) is 9.05. The fraction of sp³-hybridized carbons (Fsp3) is 0. The molecule has 2 aromatic heterocycles. The molecule has 0 bridgehead atoms. The van der Waals surface area contributed by atoms with Gasteiger partial charge in [0.2, 0.25) is 0 Å². The largest absolute Gasteiger partial charge is 0.360 e. The van der Waals surface area contributed by atoms with Gasteiger partial charge in [0.25, 0.3) is 0 Å². The second kappa shape index (κ2) is 3.87. The maximum absolute atomic E-state index is 10.9. The van der Waals surface area contributed by atoms with Crippen LogP contribution in [0.2, 0.25) is 0 Å². The number of hydrogen-bond acceptors (Lipinski definition) is 2. The van der Waals surface area contributed by atoms with E-state index in [-0.39, 0.29) is 0 Å². The third kappa shape index (κ3) is 1.61. The Labute approximate surface area is 98.1 Å². The number of H-pyrrole nitrogens is 1. The molecule has 0 fully saturated rings. The first-order valence-electron chi connectivity index (χ1n) is 5.35. The minimum Gasteiger partial charge on any atom is -0.360 e. The molecule has 82 valence electrons. The molecular weight excluding hydrogens is 212 g/mol. The monoisotopic (exact) mass is 222 g/mol. The number of aromatic nitrogens is 2. The summed E-state index contributed by atoms with van der Waals surface area (Å²) >= 11 is 0. The third-order valence-corrected chi connectivity index (χ3v) is 2.85. The highest BCUT2D eigenvalue weighted by Crippen LogP contribution is 2.25. The summed E-state index contributed by atoms with van der Waals surface area (Å²) in [6.07, 6.45) is 6.12. The van der Waals surface area contributed by atoms with Crippen LogP contribution < -0.4 is 0 Å². The van der Waals surface area contributed by atoms with Crippen molar-refractivity contribution < 1.29 is 4.79 Å². The van der Waals surface area contributed by atoms with Gasteiger partial charge >= 0.3 is 0 Å². The molecule has 17 heavy (non-hydrogen) atoms. The van der Waals surface area contributed by atoms with Gasteiger partial charge in [-0.2, -0.15) is 0 Å². The second-order valence-electron chi connectivity index (χ2n) is 3.86. The third-order valence-electron chi connectivity index (χ3n) is 2.85. The van der Waals surface area contributed by atoms with E-state index in [1.54, 1.807) is 18.6 Å². The van der Waals surface area contributed by atoms with Crippen molar-refractivity contribution in [1.29, 1.82) is 0 Å². The van der Waals surface area contributed by atoms with E-state index < -0.39 is 0 Å². The molecule has 3 rings (SSSR count). The molecule has 0 spiro atoms. The standard InChI is InChI=1S/C14H10N2O/c17-9-12-8-16-14-2-1-11(7-13(12)14)10-3-5-15-6-4-10/h1-9,16H. The van der Waals surface area contributed by atoms with Gasteiger partial charge in [0, 0.05) is 35.1 Å². The molecule has 3 aromatic rings. The van der Waals surface area contributed by atoms with Crippen LogP contribution in [0.1, 0.15) is 10.4 Å². The zero-order chi connectivity index (χ0) is 11.7. The number of nitrogens with one attached hydrogen (secondary N) is 1. The van der Waals surface area contributed by atoms with Gasteiger partial charge in [0.15, 0.2) is 6.29 Å². The summed E-state index contributed by atoms with van der Waals surface area (Å²) in [5.74, 6) is 0. The number of aromatic amines is 1. The first-order chi connectivity index (χ1) is 8.38. The molecule has 2 heterocycles. The molecule has 0 amide bonds. The molecule has 3 heteroatoms. The quantitative estimate of drug-likeness (QED) is 0.677. The molecule has 0 unspecified atom stereocenters. The lowest BCUT2D eigenvalue weighted by molar-refractivity contribution is 0.112. The zero-order valence-electron chi connectivity index (χ0n) is 9.05. The summed E-state index contributed by atoms with van der Waals surface area (Å²) in [5, 5.41) is 0.953. The van der Waals surface area contributed by atoms with E-state index in [0.717, 1.165) is 28.3 Å². The highest BCUT2D eigenvalue weighted by molar-refractivity contribution is 5.99. The van der Waals surface area contributed by atoms with Crippen molar-refractivity contribution in [1.82, 2.24) is 9.97 Å². The number of carbonyl (C=O) groups is 1. The van der Waals surface area contributed by atoms with Crippen molar-refractivity contribution in [2.45, 2.75) is 0 Å². The van der Waals surface area contributed by atoms with E-state index in [2.05, 4.69) is 9.97 Å². The SMILES string of the molecule is O=Cc1c[nH]c2ccc(-c3ccncc3)cc12. The lowest BCUT2D eigenvalue weighted by Gasteiger charge is -2.01. The lowest BCUT2D eigenvalue weighted by atomic mass is 10.0. The molecule has 0 radical (unpaired) electrons. The molecule has 0 aliphatic carbocycles. The Kier molecular flexibility index (Phi) is 2.22. The van der Waals surface area contributed by atoms with Crippen molar-refractivity contribution in [3.63, 3.8) is 0 Å². The summed E-state index contributed by atoms with van der Waals surface area (Å²) in [6, 6.07) is 9.94. The van der Waals surface area contributed by atoms with Crippen LogP contribution in [-0.4, -0.2) is 16.3 Å². The van der Waals surface area contributed by atoms with Crippen LogP contribution in [0.25, 0.3) is 22.0 Å². The van der Waals surface area contributed by atoms with Crippen molar-refractivity contribution in [2.75, 3.05) is 0 Å². The van der Waals surface area contributed by atoms with Crippen LogP contribution in [0.5, 0.6) is 0 Å². The van der Waals surface area contributed by atoms with Gasteiger partial charge in [-0.1, -0.05) is 6.07 Å². The molecule has 0 aliphatic heterocycles. The maximum atomic E-state index is 10.9. The highest BCUT2D eigenvalue weighted by Gasteiger charge is 2.04. The Hall–Kier alpha value is -2.42. The number of rotatable bonds is 2. The Morgan fingerprint density at radius 2 is 1.88 bits per heavy atom. The van der Waals surface area contributed by atoms with E-state index in [4.69, 9.17) is 0 Å². The molecule has 1 N–H and O–H groups in total. The number of nitrogens with zero attached hydrogens (tertiary/aromatic N) is 1.